The van der Waals surface area contributed by atoms with Crippen molar-refractivity contribution in [1.82, 2.24) is 0 Å². The van der Waals surface area contributed by atoms with Gasteiger partial charge >= 0.3 is 109 Å². The Balaban J connectivity index is 0. The molecule has 1 N–H and O–H groups in total. The van der Waals surface area contributed by atoms with Crippen LogP contribution < -0.4 is 108 Å². The van der Waals surface area contributed by atoms with Gasteiger partial charge in [0.25, 0.3) is 5.69 Å². The number of hydrogen-bond donors (Lipinski definition) is 1. The van der Waals surface area contributed by atoms with Gasteiger partial charge in [0.15, 0.2) is 0 Å². The molecule has 0 aliphatic carbocycles. The second-order valence-electron chi connectivity index (χ2n) is 2.84. The smallest absolute Gasteiger partial charge is 0.867 e. The molecule has 0 bridgehead atoms. The van der Waals surface area contributed by atoms with Crippen molar-refractivity contribution >= 4 is 21.8 Å². The summed E-state index contributed by atoms with van der Waals surface area (Å²) in [7, 11) is -5.09. The van der Waals surface area contributed by atoms with Gasteiger partial charge in [-0.1, -0.05) is 0 Å². The Hall–Kier alpha value is 1.07. The zero-order valence-corrected chi connectivity index (χ0v) is 16.9. The molecule has 0 saturated heterocycles. The molecule has 0 spiro atoms. The van der Waals surface area contributed by atoms with E-state index in [1.165, 1.54) is 0 Å². The van der Waals surface area contributed by atoms with Crippen molar-refractivity contribution < 1.29 is 136 Å². The second kappa shape index (κ2) is 8.50. The van der Waals surface area contributed by atoms with Crippen molar-refractivity contribution in [2.75, 3.05) is 0 Å². The molecule has 0 aliphatic rings. The van der Waals surface area contributed by atoms with E-state index >= 15 is 0 Å². The summed E-state index contributed by atoms with van der Waals surface area (Å²) in [6.45, 7) is 0. The second-order valence-corrected chi connectivity index (χ2v) is 4.22. The van der Waals surface area contributed by atoms with Crippen molar-refractivity contribution in [3.63, 3.8) is 0 Å². The molecule has 0 unspecified atom stereocenters. The fourth-order valence-corrected chi connectivity index (χ4v) is 1.54. The Morgan fingerprint density at radius 1 is 1.26 bits per heavy atom. The van der Waals surface area contributed by atoms with Gasteiger partial charge in [-0.3, -0.25) is 10.1 Å². The van der Waals surface area contributed by atoms with Crippen LogP contribution in [0.15, 0.2) is 17.0 Å². The number of nitro groups is 1. The van der Waals surface area contributed by atoms with Gasteiger partial charge in [0, 0.05) is 6.07 Å². The summed E-state index contributed by atoms with van der Waals surface area (Å²) in [5, 5.41) is 30.1. The summed E-state index contributed by atoms with van der Waals surface area (Å²) >= 11 is 0. The van der Waals surface area contributed by atoms with E-state index in [2.05, 4.69) is 0 Å². The Kier molecular flexibility index (Phi) is 10.0. The van der Waals surface area contributed by atoms with Crippen LogP contribution in [0.25, 0.3) is 0 Å². The number of benzene rings is 1. The van der Waals surface area contributed by atoms with E-state index in [0.29, 0.717) is 6.07 Å². The number of hydrogen-bond acceptors (Lipinski definition) is 7. The number of nitro benzene ring substituents is 1. The predicted molar refractivity (Wildman–Crippen MR) is 47.5 cm³/mol. The summed E-state index contributed by atoms with van der Waals surface area (Å²) in [6.07, 6.45) is 0. The van der Waals surface area contributed by atoms with Crippen LogP contribution in [-0.4, -0.2) is 29.0 Å². The van der Waals surface area contributed by atoms with E-state index in [-0.39, 0.29) is 109 Å². The maximum Gasteiger partial charge on any atom is 1.00 e. The first-order chi connectivity index (χ1) is 7.64. The average molecular weight is 339 g/mol. The van der Waals surface area contributed by atoms with E-state index in [0.717, 1.165) is 0 Å². The van der Waals surface area contributed by atoms with Crippen molar-refractivity contribution in [2.45, 2.75) is 4.90 Å². The maximum absolute atomic E-state index is 11.2. The zero-order chi connectivity index (χ0) is 13.4. The SMILES string of the molecule is O=C(O)c1cc(S(=O)(=O)[O-])cc([N+](=O)[O-])c1[O-].[K+].[K+]. The van der Waals surface area contributed by atoms with Crippen LogP contribution in [0.2, 0.25) is 0 Å². The summed E-state index contributed by atoms with van der Waals surface area (Å²) in [6, 6.07) is 0.525. The Morgan fingerprint density at radius 2 is 1.74 bits per heavy atom. The van der Waals surface area contributed by atoms with Crippen molar-refractivity contribution in [3.8, 4) is 5.75 Å². The van der Waals surface area contributed by atoms with Gasteiger partial charge in [-0.25, -0.2) is 13.2 Å². The third-order valence-corrected chi connectivity index (χ3v) is 2.57. The van der Waals surface area contributed by atoms with Gasteiger partial charge in [0.2, 0.25) is 0 Å². The molecule has 0 radical (unpaired) electrons. The summed E-state index contributed by atoms with van der Waals surface area (Å²) < 4.78 is 31.9. The molecule has 0 saturated carbocycles. The molecule has 0 aromatic heterocycles. The first-order valence-corrected chi connectivity index (χ1v) is 5.24. The number of carboxylic acid groups (broad SMARTS) is 1. The fraction of sp³-hybridized carbons (Fsp3) is 0. The van der Waals surface area contributed by atoms with Gasteiger partial charge in [-0.05, 0) is 11.8 Å². The minimum Gasteiger partial charge on any atom is -0.867 e. The molecule has 0 atom stereocenters. The summed E-state index contributed by atoms with van der Waals surface area (Å²) in [5.41, 5.74) is -2.42. The van der Waals surface area contributed by atoms with E-state index in [1.807, 2.05) is 0 Å². The predicted octanol–water partition coefficient (Wildman–Crippen LogP) is -6.72. The van der Waals surface area contributed by atoms with E-state index in [9.17, 15) is 33.0 Å². The van der Waals surface area contributed by atoms with Crippen LogP contribution >= 0.6 is 0 Å². The van der Waals surface area contributed by atoms with Crippen LogP contribution in [0.5, 0.6) is 5.75 Å². The Bertz CT molecular complexity index is 579. The quantitative estimate of drug-likeness (QED) is 0.246. The van der Waals surface area contributed by atoms with Gasteiger partial charge < -0.3 is 14.8 Å². The third kappa shape index (κ3) is 5.76. The molecule has 1 aromatic rings. The van der Waals surface area contributed by atoms with E-state index < -0.39 is 42.9 Å². The number of carbonyl (C=O) groups is 1. The first kappa shape index (κ1) is 22.4. The maximum atomic E-state index is 11.2. The zero-order valence-electron chi connectivity index (χ0n) is 9.82. The molecular formula is C7H3K2NO8S. The molecule has 92 valence electrons. The summed E-state index contributed by atoms with van der Waals surface area (Å²) in [4.78, 5) is 18.5. The molecule has 0 amide bonds. The van der Waals surface area contributed by atoms with Crippen molar-refractivity contribution in [3.05, 3.63) is 27.8 Å². The van der Waals surface area contributed by atoms with E-state index in [1.54, 1.807) is 0 Å². The number of nitrogens with zero attached hydrogens (tertiary/aromatic N) is 1. The fourth-order valence-electron chi connectivity index (χ4n) is 1.03. The van der Waals surface area contributed by atoms with E-state index in [4.69, 9.17) is 5.11 Å². The number of carboxylic acids is 1. The van der Waals surface area contributed by atoms with Crippen molar-refractivity contribution in [1.29, 1.82) is 0 Å². The normalized spacial score (nSPS) is 9.95. The molecular weight excluding hydrogens is 336 g/mol. The molecule has 12 heteroatoms. The van der Waals surface area contributed by atoms with Gasteiger partial charge in [0.05, 0.1) is 15.4 Å². The molecule has 19 heavy (non-hydrogen) atoms. The van der Waals surface area contributed by atoms with Crippen LogP contribution in [0.1, 0.15) is 10.4 Å². The molecule has 0 fully saturated rings. The van der Waals surface area contributed by atoms with Gasteiger partial charge in [0.1, 0.15) is 10.1 Å². The Labute approximate surface area is 192 Å². The molecule has 0 aliphatic heterocycles. The molecule has 1 aromatic carbocycles. The molecule has 0 heterocycles. The number of aromatic carboxylic acids is 1. The van der Waals surface area contributed by atoms with Crippen LogP contribution in [-0.2, 0) is 10.1 Å². The van der Waals surface area contributed by atoms with Gasteiger partial charge in [-0.2, -0.15) is 0 Å². The summed E-state index contributed by atoms with van der Waals surface area (Å²) in [5.74, 6) is -3.32. The molecule has 1 rings (SSSR count). The standard InChI is InChI=1S/C7H5NO8S.2K/c9-6-4(7(10)11)1-3(17(14,15)16)2-5(6)8(12)13;;/h1-2,9H,(H,10,11)(H,14,15,16);;/q;2*+1/p-2. The monoisotopic (exact) mass is 339 g/mol. The topological polar surface area (TPSA) is 161 Å². The average Bonchev–Trinajstić information content (AvgIpc) is 2.14. The minimum atomic E-state index is -5.09. The largest absolute Gasteiger partial charge is 1.00 e. The number of rotatable bonds is 3. The minimum absolute atomic E-state index is 0. The van der Waals surface area contributed by atoms with Gasteiger partial charge in [-0.15, -0.1) is 0 Å². The Morgan fingerprint density at radius 3 is 2.05 bits per heavy atom. The van der Waals surface area contributed by atoms with Crippen LogP contribution in [0, 0.1) is 10.1 Å². The van der Waals surface area contributed by atoms with Crippen LogP contribution in [0.3, 0.4) is 0 Å². The third-order valence-electron chi connectivity index (χ3n) is 1.76. The van der Waals surface area contributed by atoms with Crippen molar-refractivity contribution in [2.24, 2.45) is 0 Å². The first-order valence-electron chi connectivity index (χ1n) is 3.83. The molecule has 9 nitrogen and oxygen atoms in total. The van der Waals surface area contributed by atoms with Crippen LogP contribution in [0.4, 0.5) is 5.69 Å².